The first-order valence-corrected chi connectivity index (χ1v) is 8.84. The second kappa shape index (κ2) is 6.59. The summed E-state index contributed by atoms with van der Waals surface area (Å²) in [5.41, 5.74) is 3.79. The number of carbonyl (C=O) groups excluding carboxylic acids is 1. The lowest BCUT2D eigenvalue weighted by molar-refractivity contribution is -0.0231. The molecule has 1 aliphatic heterocycles. The summed E-state index contributed by atoms with van der Waals surface area (Å²) in [6.45, 7) is 1.50. The summed E-state index contributed by atoms with van der Waals surface area (Å²) in [5.74, 6) is -0.290. The maximum atomic E-state index is 13.1. The molecule has 6 heteroatoms. The minimum atomic E-state index is -0.271. The lowest BCUT2D eigenvalue weighted by Crippen LogP contribution is -2.42. The molecule has 0 radical (unpaired) electrons. The maximum Gasteiger partial charge on any atom is 0.274 e. The van der Waals surface area contributed by atoms with Crippen molar-refractivity contribution in [3.05, 3.63) is 52.6 Å². The van der Waals surface area contributed by atoms with Gasteiger partial charge in [-0.15, -0.1) is 0 Å². The first-order chi connectivity index (χ1) is 12.1. The molecule has 0 N–H and O–H groups in total. The van der Waals surface area contributed by atoms with Crippen LogP contribution in [0.3, 0.4) is 0 Å². The van der Waals surface area contributed by atoms with Gasteiger partial charge in [-0.1, -0.05) is 12.1 Å². The third kappa shape index (κ3) is 3.06. The molecular weight excluding hydrogens is 321 g/mol. The molecule has 2 aromatic rings. The molecule has 5 nitrogen and oxygen atoms in total. The van der Waals surface area contributed by atoms with Gasteiger partial charge in [-0.25, -0.2) is 4.39 Å². The summed E-state index contributed by atoms with van der Waals surface area (Å²) in [7, 11) is 1.92. The van der Waals surface area contributed by atoms with E-state index in [0.717, 1.165) is 36.8 Å². The summed E-state index contributed by atoms with van der Waals surface area (Å²) in [6, 6.07) is 6.29. The highest BCUT2D eigenvalue weighted by Crippen LogP contribution is 2.27. The average Bonchev–Trinajstić information content (AvgIpc) is 2.99. The molecule has 1 unspecified atom stereocenters. The molecule has 1 amide bonds. The van der Waals surface area contributed by atoms with Crippen molar-refractivity contribution < 1.29 is 13.9 Å². The Labute approximate surface area is 146 Å². The van der Waals surface area contributed by atoms with Gasteiger partial charge in [0.1, 0.15) is 11.9 Å². The molecule has 0 spiro atoms. The zero-order valence-electron chi connectivity index (χ0n) is 14.4. The number of rotatable bonds is 2. The van der Waals surface area contributed by atoms with Crippen molar-refractivity contribution in [2.45, 2.75) is 31.8 Å². The van der Waals surface area contributed by atoms with E-state index < -0.39 is 0 Å². The number of benzene rings is 1. The Morgan fingerprint density at radius 3 is 2.80 bits per heavy atom. The lowest BCUT2D eigenvalue weighted by Gasteiger charge is -2.33. The number of nitrogens with zero attached hydrogens (tertiary/aromatic N) is 3. The summed E-state index contributed by atoms with van der Waals surface area (Å²) < 4.78 is 20.8. The Balaban J connectivity index is 1.55. The van der Waals surface area contributed by atoms with Crippen molar-refractivity contribution >= 4 is 5.91 Å². The van der Waals surface area contributed by atoms with Crippen LogP contribution in [-0.4, -0.2) is 40.3 Å². The maximum absolute atomic E-state index is 13.1. The number of halogens is 1. The van der Waals surface area contributed by atoms with Crippen molar-refractivity contribution in [1.29, 1.82) is 0 Å². The van der Waals surface area contributed by atoms with E-state index in [2.05, 4.69) is 5.10 Å². The van der Waals surface area contributed by atoms with Gasteiger partial charge in [-0.2, -0.15) is 5.10 Å². The minimum Gasteiger partial charge on any atom is -0.370 e. The van der Waals surface area contributed by atoms with Gasteiger partial charge in [0.25, 0.3) is 5.91 Å². The van der Waals surface area contributed by atoms with Crippen LogP contribution in [0.5, 0.6) is 0 Å². The van der Waals surface area contributed by atoms with Crippen LogP contribution in [0.4, 0.5) is 4.39 Å². The molecule has 0 bridgehead atoms. The molecule has 0 saturated carbocycles. The number of hydrogen-bond donors (Lipinski definition) is 0. The number of aryl methyl sites for hydroxylation is 1. The molecule has 1 atom stereocenters. The first kappa shape index (κ1) is 16.3. The Kier molecular flexibility index (Phi) is 4.29. The molecule has 25 heavy (non-hydrogen) atoms. The Hall–Kier alpha value is -2.21. The van der Waals surface area contributed by atoms with E-state index in [1.807, 2.05) is 16.6 Å². The normalized spacial score (nSPS) is 20.4. The summed E-state index contributed by atoms with van der Waals surface area (Å²) in [4.78, 5) is 14.9. The van der Waals surface area contributed by atoms with Gasteiger partial charge in [0.05, 0.1) is 13.2 Å². The van der Waals surface area contributed by atoms with E-state index in [0.29, 0.717) is 25.4 Å². The first-order valence-electron chi connectivity index (χ1n) is 8.84. The smallest absolute Gasteiger partial charge is 0.274 e. The Morgan fingerprint density at radius 2 is 2.00 bits per heavy atom. The molecule has 1 aliphatic carbocycles. The fourth-order valence-corrected chi connectivity index (χ4v) is 3.81. The fraction of sp³-hybridized carbons (Fsp3) is 0.474. The number of amides is 1. The minimum absolute atomic E-state index is 0.0193. The van der Waals surface area contributed by atoms with Crippen molar-refractivity contribution in [3.63, 3.8) is 0 Å². The van der Waals surface area contributed by atoms with Gasteiger partial charge in [0.15, 0.2) is 5.69 Å². The van der Waals surface area contributed by atoms with Gasteiger partial charge >= 0.3 is 0 Å². The Morgan fingerprint density at radius 1 is 1.24 bits per heavy atom. The second-order valence-corrected chi connectivity index (χ2v) is 6.77. The van der Waals surface area contributed by atoms with Gasteiger partial charge in [0, 0.05) is 24.8 Å². The van der Waals surface area contributed by atoms with Crippen LogP contribution in [0.15, 0.2) is 24.3 Å². The highest BCUT2D eigenvalue weighted by Gasteiger charge is 2.31. The molecule has 1 fully saturated rings. The number of fused-ring (bicyclic) bond motifs is 1. The number of aromatic nitrogens is 2. The van der Waals surface area contributed by atoms with E-state index in [9.17, 15) is 9.18 Å². The van der Waals surface area contributed by atoms with Crippen LogP contribution in [0.1, 0.15) is 46.3 Å². The molecule has 1 saturated heterocycles. The third-order valence-corrected chi connectivity index (χ3v) is 5.16. The van der Waals surface area contributed by atoms with Crippen LogP contribution in [0.25, 0.3) is 0 Å². The topological polar surface area (TPSA) is 47.4 Å². The second-order valence-electron chi connectivity index (χ2n) is 6.77. The van der Waals surface area contributed by atoms with Crippen molar-refractivity contribution in [2.75, 3.05) is 19.7 Å². The average molecular weight is 343 g/mol. The number of carbonyl (C=O) groups is 1. The lowest BCUT2D eigenvalue weighted by atomic mass is 9.95. The fourth-order valence-electron chi connectivity index (χ4n) is 3.81. The number of ether oxygens (including phenoxy) is 1. The predicted octanol–water partition coefficient (Wildman–Crippen LogP) is 2.65. The molecule has 4 rings (SSSR count). The number of hydrogen-bond acceptors (Lipinski definition) is 3. The Bertz CT molecular complexity index is 785. The van der Waals surface area contributed by atoms with Crippen LogP contribution in [0.2, 0.25) is 0 Å². The van der Waals surface area contributed by atoms with Crippen LogP contribution in [0, 0.1) is 5.82 Å². The van der Waals surface area contributed by atoms with Gasteiger partial charge < -0.3 is 9.64 Å². The van der Waals surface area contributed by atoms with Crippen LogP contribution >= 0.6 is 0 Å². The van der Waals surface area contributed by atoms with Gasteiger partial charge in [-0.3, -0.25) is 9.48 Å². The molecular formula is C19H22FN3O2. The molecule has 1 aromatic carbocycles. The van der Waals surface area contributed by atoms with Crippen molar-refractivity contribution in [1.82, 2.24) is 14.7 Å². The zero-order valence-corrected chi connectivity index (χ0v) is 14.4. The van der Waals surface area contributed by atoms with E-state index in [1.165, 1.54) is 17.8 Å². The third-order valence-electron chi connectivity index (χ3n) is 5.16. The summed E-state index contributed by atoms with van der Waals surface area (Å²) in [5, 5.41) is 4.51. The van der Waals surface area contributed by atoms with Gasteiger partial charge in [0.2, 0.25) is 0 Å². The molecule has 132 valence electrons. The highest BCUT2D eigenvalue weighted by molar-refractivity contribution is 5.94. The van der Waals surface area contributed by atoms with Crippen LogP contribution < -0.4 is 0 Å². The quantitative estimate of drug-likeness (QED) is 0.842. The van der Waals surface area contributed by atoms with E-state index in [4.69, 9.17) is 4.74 Å². The molecule has 1 aromatic heterocycles. The van der Waals surface area contributed by atoms with E-state index in [-0.39, 0.29) is 17.8 Å². The zero-order chi connectivity index (χ0) is 17.4. The van der Waals surface area contributed by atoms with Crippen LogP contribution in [-0.2, 0) is 24.6 Å². The highest BCUT2D eigenvalue weighted by atomic mass is 19.1. The van der Waals surface area contributed by atoms with Crippen molar-refractivity contribution in [3.8, 4) is 0 Å². The van der Waals surface area contributed by atoms with Crippen molar-refractivity contribution in [2.24, 2.45) is 7.05 Å². The van der Waals surface area contributed by atoms with E-state index >= 15 is 0 Å². The monoisotopic (exact) mass is 343 g/mol. The predicted molar refractivity (Wildman–Crippen MR) is 90.8 cm³/mol. The SMILES string of the molecule is Cn1nc(C(=O)N2CCOC(c3ccc(F)cc3)C2)c2c1CCCC2. The van der Waals surface area contributed by atoms with E-state index in [1.54, 1.807) is 12.1 Å². The molecule has 2 heterocycles. The summed E-state index contributed by atoms with van der Waals surface area (Å²) >= 11 is 0. The summed E-state index contributed by atoms with van der Waals surface area (Å²) in [6.07, 6.45) is 3.96. The standard InChI is InChI=1S/C19H22FN3O2/c1-22-16-5-3-2-4-15(16)18(21-22)19(24)23-10-11-25-17(12-23)13-6-8-14(20)9-7-13/h6-9,17H,2-5,10-12H2,1H3. The van der Waals surface area contributed by atoms with Gasteiger partial charge in [-0.05, 0) is 43.4 Å². The molecule has 2 aliphatic rings. The largest absolute Gasteiger partial charge is 0.370 e. The number of morpholine rings is 1.